The van der Waals surface area contributed by atoms with Crippen molar-refractivity contribution >= 4 is 47.0 Å². The molecule has 1 nitrogen and oxygen atoms in total. The van der Waals surface area contributed by atoms with Gasteiger partial charge < -0.3 is 0 Å². The lowest BCUT2D eigenvalue weighted by atomic mass is 10.0. The Hall–Kier alpha value is 0.280. The van der Waals surface area contributed by atoms with Gasteiger partial charge in [0, 0.05) is 6.42 Å². The van der Waals surface area contributed by atoms with Gasteiger partial charge in [-0.25, -0.2) is 4.79 Å². The van der Waals surface area contributed by atoms with E-state index < -0.39 is 6.75 Å². The van der Waals surface area contributed by atoms with E-state index in [-0.39, 0.29) is 0 Å². The van der Waals surface area contributed by atoms with Gasteiger partial charge in [0.2, 0.25) is 6.75 Å². The van der Waals surface area contributed by atoms with E-state index in [1.807, 2.05) is 11.4 Å². The molecule has 0 aromatic rings. The molecule has 0 saturated heterocycles. The Labute approximate surface area is 108 Å². The van der Waals surface area contributed by atoms with Crippen LogP contribution in [0.5, 0.6) is 0 Å². The van der Waals surface area contributed by atoms with Crippen molar-refractivity contribution in [3.05, 3.63) is 0 Å². The van der Waals surface area contributed by atoms with Crippen molar-refractivity contribution in [3.8, 4) is 0 Å². The maximum Gasteiger partial charge on any atom is 0.335 e. The van der Waals surface area contributed by atoms with E-state index in [1.54, 1.807) is 5.37 Å². The number of rotatable bonds is 4. The molecule has 1 heterocycles. The molecule has 1 aliphatic heterocycles. The average molecular weight is 273 g/mol. The normalized spacial score (nSPS) is 25.4. The zero-order chi connectivity index (χ0) is 11.4. The summed E-state index contributed by atoms with van der Waals surface area (Å²) in [5.41, 5.74) is 0.451. The fraction of sp³-hybridized carbons (Fsp3) is 0.750. The molecule has 0 amide bonds. The molecular weight excluding hydrogens is 255 g/mol. The predicted molar refractivity (Wildman–Crippen MR) is 78.9 cm³/mol. The molecule has 1 saturated carbocycles. The number of hydrogen-bond donors (Lipinski definition) is 0. The van der Waals surface area contributed by atoms with E-state index in [1.165, 1.54) is 32.1 Å². The number of hydrogen-bond acceptors (Lipinski definition) is 3. The van der Waals surface area contributed by atoms with Crippen LogP contribution >= 0.6 is 30.3 Å². The quantitative estimate of drug-likeness (QED) is 0.560. The molecule has 88 valence electrons. The van der Waals surface area contributed by atoms with Gasteiger partial charge in [-0.1, -0.05) is 25.1 Å². The van der Waals surface area contributed by atoms with Crippen molar-refractivity contribution in [2.45, 2.75) is 56.1 Å². The van der Waals surface area contributed by atoms with Crippen LogP contribution in [-0.4, -0.2) is 21.4 Å². The minimum Gasteiger partial charge on any atom is -0.243 e. The van der Waals surface area contributed by atoms with Crippen molar-refractivity contribution in [2.75, 3.05) is 0 Å². The second kappa shape index (κ2) is 5.75. The van der Waals surface area contributed by atoms with E-state index >= 15 is 0 Å². The topological polar surface area (TPSA) is 17.1 Å². The highest BCUT2D eigenvalue weighted by Crippen LogP contribution is 2.59. The zero-order valence-electron chi connectivity index (χ0n) is 9.48. The van der Waals surface area contributed by atoms with Crippen LogP contribution in [0.2, 0.25) is 0 Å². The molecule has 2 aliphatic rings. The van der Waals surface area contributed by atoms with E-state index in [0.717, 1.165) is 12.8 Å². The minimum atomic E-state index is -0.518. The third kappa shape index (κ3) is 2.94. The molecule has 16 heavy (non-hydrogen) atoms. The molecule has 1 spiro atoms. The average Bonchev–Trinajstić information content (AvgIpc) is 2.74. The largest absolute Gasteiger partial charge is 0.335 e. The van der Waals surface area contributed by atoms with Crippen molar-refractivity contribution < 1.29 is 4.79 Å². The van der Waals surface area contributed by atoms with Crippen LogP contribution in [-0.2, 0) is 4.79 Å². The summed E-state index contributed by atoms with van der Waals surface area (Å²) in [6.07, 6.45) is 9.30. The van der Waals surface area contributed by atoms with Crippen LogP contribution in [0.25, 0.3) is 0 Å². The molecule has 1 atom stereocenters. The molecule has 0 N–H and O–H groups in total. The van der Waals surface area contributed by atoms with Gasteiger partial charge in [0.1, 0.15) is 5.80 Å². The Kier molecular flexibility index (Phi) is 4.57. The van der Waals surface area contributed by atoms with E-state index in [9.17, 15) is 4.79 Å². The van der Waals surface area contributed by atoms with Gasteiger partial charge in [0.05, 0.1) is 22.5 Å². The third-order valence-electron chi connectivity index (χ3n) is 3.42. The van der Waals surface area contributed by atoms with Crippen molar-refractivity contribution in [3.63, 3.8) is 0 Å². The van der Waals surface area contributed by atoms with E-state index in [2.05, 4.69) is 5.80 Å². The molecular formula is C12H18OPS2+. The second-order valence-corrected chi connectivity index (χ2v) is 9.25. The highest BCUT2D eigenvalue weighted by Gasteiger charge is 2.44. The fourth-order valence-corrected chi connectivity index (χ4v) is 8.04. The van der Waals surface area contributed by atoms with Crippen LogP contribution in [0.3, 0.4) is 0 Å². The summed E-state index contributed by atoms with van der Waals surface area (Å²) in [7, 11) is 0. The Bertz CT molecular complexity index is 319. The smallest absolute Gasteiger partial charge is 0.243 e. The van der Waals surface area contributed by atoms with Gasteiger partial charge in [-0.2, -0.15) is 0 Å². The monoisotopic (exact) mass is 273 g/mol. The number of thiocarbonyl (C=S) groups is 1. The minimum absolute atomic E-state index is 0.451. The molecule has 2 rings (SSSR count). The molecule has 0 radical (unpaired) electrons. The summed E-state index contributed by atoms with van der Waals surface area (Å²) in [6, 6.07) is 0. The first-order chi connectivity index (χ1) is 7.76. The zero-order valence-corrected chi connectivity index (χ0v) is 12.0. The van der Waals surface area contributed by atoms with E-state index in [4.69, 9.17) is 12.2 Å². The van der Waals surface area contributed by atoms with Crippen LogP contribution in [0.4, 0.5) is 0 Å². The molecule has 0 aromatic carbocycles. The molecule has 0 bridgehead atoms. The van der Waals surface area contributed by atoms with Crippen molar-refractivity contribution in [1.29, 1.82) is 0 Å². The predicted octanol–water partition coefficient (Wildman–Crippen LogP) is 4.33. The third-order valence-corrected chi connectivity index (χ3v) is 8.97. The van der Waals surface area contributed by atoms with Crippen LogP contribution < -0.4 is 0 Å². The molecule has 4 heteroatoms. The number of carbonyl (C=O) groups excluding carboxylic acids is 1. The highest BCUT2D eigenvalue weighted by molar-refractivity contribution is 8.59. The maximum atomic E-state index is 12.0. The number of carbonyl (C=O) groups is 1. The lowest BCUT2D eigenvalue weighted by Crippen LogP contribution is -2.21. The summed E-state index contributed by atoms with van der Waals surface area (Å²) in [6.45, 7) is -0.518. The molecule has 1 fully saturated rings. The standard InChI is InChI=1S/C12H18OPS2/c13-11(5-3-10-15)14-9-4-8-12(16-14)6-1-2-7-12/h9-10H,1-8H2/q+1. The summed E-state index contributed by atoms with van der Waals surface area (Å²) in [5, 5.41) is 1.69. The maximum absolute atomic E-state index is 12.0. The van der Waals surface area contributed by atoms with Gasteiger partial charge in [0.25, 0.3) is 0 Å². The Morgan fingerprint density at radius 3 is 2.88 bits per heavy atom. The first-order valence-corrected chi connectivity index (χ1v) is 9.34. The summed E-state index contributed by atoms with van der Waals surface area (Å²) >= 11 is 6.80. The summed E-state index contributed by atoms with van der Waals surface area (Å²) in [5.74, 6) is 2.29. The Morgan fingerprint density at radius 1 is 1.44 bits per heavy atom. The van der Waals surface area contributed by atoms with Gasteiger partial charge in [-0.3, -0.25) is 0 Å². The van der Waals surface area contributed by atoms with Gasteiger partial charge in [-0.05, 0) is 31.1 Å². The molecule has 0 aromatic heterocycles. The first kappa shape index (κ1) is 12.7. The second-order valence-electron chi connectivity index (χ2n) is 4.63. The van der Waals surface area contributed by atoms with Crippen LogP contribution in [0, 0.1) is 0 Å². The summed E-state index contributed by atoms with van der Waals surface area (Å²) < 4.78 is 0.480. The SMILES string of the molecule is O=C(CCC=S)[P+]1=CCCC2(CCCC2)S1. The highest BCUT2D eigenvalue weighted by atomic mass is 32.7. The summed E-state index contributed by atoms with van der Waals surface area (Å²) in [4.78, 5) is 12.0. The van der Waals surface area contributed by atoms with Crippen molar-refractivity contribution in [1.82, 2.24) is 0 Å². The molecule has 1 aliphatic carbocycles. The lowest BCUT2D eigenvalue weighted by molar-refractivity contribution is -0.111. The van der Waals surface area contributed by atoms with Crippen molar-refractivity contribution in [2.24, 2.45) is 0 Å². The van der Waals surface area contributed by atoms with Crippen LogP contribution in [0.1, 0.15) is 51.4 Å². The lowest BCUT2D eigenvalue weighted by Gasteiger charge is -2.24. The Morgan fingerprint density at radius 2 is 2.19 bits per heavy atom. The van der Waals surface area contributed by atoms with Gasteiger partial charge >= 0.3 is 5.52 Å². The van der Waals surface area contributed by atoms with Crippen LogP contribution in [0.15, 0.2) is 0 Å². The first-order valence-electron chi connectivity index (χ1n) is 6.04. The van der Waals surface area contributed by atoms with E-state index in [0.29, 0.717) is 16.7 Å². The van der Waals surface area contributed by atoms with Gasteiger partial charge in [0.15, 0.2) is 0 Å². The molecule has 1 unspecified atom stereocenters. The van der Waals surface area contributed by atoms with Gasteiger partial charge in [-0.15, -0.1) is 0 Å². The fourth-order valence-electron chi connectivity index (χ4n) is 2.54. The Balaban J connectivity index is 1.97.